The molecule has 82 valence electrons. The van der Waals surface area contributed by atoms with Crippen LogP contribution in [0.4, 0.5) is 0 Å². The SMILES string of the molecule is CCOC(=O)C12CCC(=O)N1CC1CC12. The van der Waals surface area contributed by atoms with Crippen LogP contribution in [0.1, 0.15) is 26.2 Å². The number of amides is 1. The Morgan fingerprint density at radius 3 is 3.20 bits per heavy atom. The summed E-state index contributed by atoms with van der Waals surface area (Å²) in [5.41, 5.74) is -0.558. The van der Waals surface area contributed by atoms with Crippen LogP contribution in [-0.4, -0.2) is 35.5 Å². The van der Waals surface area contributed by atoms with Gasteiger partial charge in [-0.25, -0.2) is 4.79 Å². The maximum atomic E-state index is 12.0. The average molecular weight is 209 g/mol. The minimum Gasteiger partial charge on any atom is -0.464 e. The van der Waals surface area contributed by atoms with Crippen molar-refractivity contribution in [2.24, 2.45) is 11.8 Å². The van der Waals surface area contributed by atoms with E-state index in [4.69, 9.17) is 4.74 Å². The highest BCUT2D eigenvalue weighted by molar-refractivity contribution is 5.93. The summed E-state index contributed by atoms with van der Waals surface area (Å²) in [6.07, 6.45) is 2.29. The molecule has 1 amide bonds. The van der Waals surface area contributed by atoms with Crippen molar-refractivity contribution in [2.45, 2.75) is 31.7 Å². The van der Waals surface area contributed by atoms with Crippen molar-refractivity contribution in [3.63, 3.8) is 0 Å². The summed E-state index contributed by atoms with van der Waals surface area (Å²) in [6.45, 7) is 3.00. The molecular weight excluding hydrogens is 194 g/mol. The molecule has 0 bridgehead atoms. The van der Waals surface area contributed by atoms with E-state index in [1.807, 2.05) is 6.92 Å². The number of carbonyl (C=O) groups is 2. The fraction of sp³-hybridized carbons (Fsp3) is 0.818. The van der Waals surface area contributed by atoms with Crippen LogP contribution in [0, 0.1) is 11.8 Å². The standard InChI is InChI=1S/C11H15NO3/c1-2-15-10(14)11-4-3-9(13)12(11)6-7-5-8(7)11/h7-8H,2-6H2,1H3. The minimum atomic E-state index is -0.558. The van der Waals surface area contributed by atoms with E-state index >= 15 is 0 Å². The topological polar surface area (TPSA) is 46.6 Å². The van der Waals surface area contributed by atoms with Gasteiger partial charge < -0.3 is 9.64 Å². The molecule has 0 N–H and O–H groups in total. The lowest BCUT2D eigenvalue weighted by molar-refractivity contribution is -0.159. The molecule has 2 heterocycles. The Kier molecular flexibility index (Phi) is 1.68. The Bertz CT molecular complexity index is 341. The highest BCUT2D eigenvalue weighted by atomic mass is 16.5. The van der Waals surface area contributed by atoms with Gasteiger partial charge in [0.1, 0.15) is 5.54 Å². The van der Waals surface area contributed by atoms with E-state index < -0.39 is 5.54 Å². The molecule has 1 saturated carbocycles. The zero-order valence-electron chi connectivity index (χ0n) is 8.86. The van der Waals surface area contributed by atoms with E-state index in [-0.39, 0.29) is 11.9 Å². The van der Waals surface area contributed by atoms with Crippen molar-refractivity contribution in [1.82, 2.24) is 4.90 Å². The Hall–Kier alpha value is -1.06. The molecule has 3 atom stereocenters. The highest BCUT2D eigenvalue weighted by Crippen LogP contribution is 2.60. The summed E-state index contributed by atoms with van der Waals surface area (Å²) in [5, 5.41) is 0. The van der Waals surface area contributed by atoms with Crippen LogP contribution in [0.3, 0.4) is 0 Å². The maximum Gasteiger partial charge on any atom is 0.332 e. The molecule has 15 heavy (non-hydrogen) atoms. The number of ether oxygens (including phenoxy) is 1. The van der Waals surface area contributed by atoms with Gasteiger partial charge >= 0.3 is 5.97 Å². The molecule has 3 unspecified atom stereocenters. The largest absolute Gasteiger partial charge is 0.464 e. The lowest BCUT2D eigenvalue weighted by Gasteiger charge is -2.32. The second kappa shape index (κ2) is 2.74. The van der Waals surface area contributed by atoms with E-state index in [2.05, 4.69) is 0 Å². The molecule has 3 rings (SSSR count). The van der Waals surface area contributed by atoms with E-state index in [1.165, 1.54) is 0 Å². The summed E-state index contributed by atoms with van der Waals surface area (Å²) in [7, 11) is 0. The Morgan fingerprint density at radius 1 is 1.67 bits per heavy atom. The van der Waals surface area contributed by atoms with Crippen LogP contribution in [0.5, 0.6) is 0 Å². The molecular formula is C11H15NO3. The van der Waals surface area contributed by atoms with Crippen LogP contribution in [0.2, 0.25) is 0 Å². The summed E-state index contributed by atoms with van der Waals surface area (Å²) in [4.78, 5) is 25.5. The van der Waals surface area contributed by atoms with Crippen molar-refractivity contribution in [3.8, 4) is 0 Å². The second-order valence-electron chi connectivity index (χ2n) is 4.75. The number of piperidine rings is 1. The molecule has 0 aromatic rings. The summed E-state index contributed by atoms with van der Waals surface area (Å²) < 4.78 is 5.14. The van der Waals surface area contributed by atoms with Crippen molar-refractivity contribution in [1.29, 1.82) is 0 Å². The molecule has 0 radical (unpaired) electrons. The third-order valence-corrected chi connectivity index (χ3v) is 4.08. The Balaban J connectivity index is 1.93. The molecule has 4 nitrogen and oxygen atoms in total. The Morgan fingerprint density at radius 2 is 2.47 bits per heavy atom. The summed E-state index contributed by atoms with van der Waals surface area (Å²) >= 11 is 0. The first-order valence-electron chi connectivity index (χ1n) is 5.68. The fourth-order valence-corrected chi connectivity index (χ4v) is 3.33. The number of nitrogens with zero attached hydrogens (tertiary/aromatic N) is 1. The van der Waals surface area contributed by atoms with Gasteiger partial charge in [0.05, 0.1) is 6.61 Å². The number of hydrogen-bond acceptors (Lipinski definition) is 3. The zero-order chi connectivity index (χ0) is 10.6. The summed E-state index contributed by atoms with van der Waals surface area (Å²) in [6, 6.07) is 0. The highest BCUT2D eigenvalue weighted by Gasteiger charge is 2.70. The molecule has 3 aliphatic rings. The summed E-state index contributed by atoms with van der Waals surface area (Å²) in [5.74, 6) is 0.928. The van der Waals surface area contributed by atoms with Crippen molar-refractivity contribution < 1.29 is 14.3 Å². The first kappa shape index (κ1) is 9.19. The molecule has 0 aromatic heterocycles. The van der Waals surface area contributed by atoms with Crippen LogP contribution in [-0.2, 0) is 14.3 Å². The van der Waals surface area contributed by atoms with Gasteiger partial charge in [-0.2, -0.15) is 0 Å². The first-order chi connectivity index (χ1) is 7.20. The minimum absolute atomic E-state index is 0.134. The number of esters is 1. The molecule has 0 spiro atoms. The number of fused-ring (bicyclic) bond motifs is 3. The smallest absolute Gasteiger partial charge is 0.332 e. The maximum absolute atomic E-state index is 12.0. The predicted molar refractivity (Wildman–Crippen MR) is 51.9 cm³/mol. The van der Waals surface area contributed by atoms with E-state index in [0.29, 0.717) is 31.3 Å². The average Bonchev–Trinajstić information content (AvgIpc) is 2.80. The molecule has 1 aliphatic carbocycles. The van der Waals surface area contributed by atoms with Crippen LogP contribution >= 0.6 is 0 Å². The lowest BCUT2D eigenvalue weighted by Crippen LogP contribution is -2.51. The van der Waals surface area contributed by atoms with Crippen LogP contribution in [0.15, 0.2) is 0 Å². The van der Waals surface area contributed by atoms with Gasteiger partial charge in [0.15, 0.2) is 0 Å². The van der Waals surface area contributed by atoms with E-state index in [9.17, 15) is 9.59 Å². The first-order valence-corrected chi connectivity index (χ1v) is 5.68. The van der Waals surface area contributed by atoms with Gasteiger partial charge in [-0.05, 0) is 31.6 Å². The number of rotatable bonds is 2. The van der Waals surface area contributed by atoms with Gasteiger partial charge in [-0.1, -0.05) is 0 Å². The van der Waals surface area contributed by atoms with Gasteiger partial charge in [-0.3, -0.25) is 4.79 Å². The van der Waals surface area contributed by atoms with E-state index in [1.54, 1.807) is 4.90 Å². The van der Waals surface area contributed by atoms with Gasteiger partial charge in [0, 0.05) is 13.0 Å². The van der Waals surface area contributed by atoms with Crippen LogP contribution < -0.4 is 0 Å². The fourth-order valence-electron chi connectivity index (χ4n) is 3.33. The molecule has 2 saturated heterocycles. The van der Waals surface area contributed by atoms with Crippen molar-refractivity contribution in [3.05, 3.63) is 0 Å². The molecule has 2 aliphatic heterocycles. The number of hydrogen-bond donors (Lipinski definition) is 0. The molecule has 3 fully saturated rings. The monoisotopic (exact) mass is 209 g/mol. The normalized spacial score (nSPS) is 41.4. The van der Waals surface area contributed by atoms with Crippen LogP contribution in [0.25, 0.3) is 0 Å². The second-order valence-corrected chi connectivity index (χ2v) is 4.75. The zero-order valence-corrected chi connectivity index (χ0v) is 8.86. The van der Waals surface area contributed by atoms with Crippen molar-refractivity contribution in [2.75, 3.05) is 13.2 Å². The van der Waals surface area contributed by atoms with Crippen molar-refractivity contribution >= 4 is 11.9 Å². The van der Waals surface area contributed by atoms with Gasteiger partial charge in [-0.15, -0.1) is 0 Å². The lowest BCUT2D eigenvalue weighted by atomic mass is 9.91. The molecule has 0 aromatic carbocycles. The van der Waals surface area contributed by atoms with Gasteiger partial charge in [0.2, 0.25) is 5.91 Å². The Labute approximate surface area is 88.6 Å². The third-order valence-electron chi connectivity index (χ3n) is 4.08. The third kappa shape index (κ3) is 0.971. The predicted octanol–water partition coefficient (Wildman–Crippen LogP) is 0.560. The van der Waals surface area contributed by atoms with E-state index in [0.717, 1.165) is 13.0 Å². The number of carbonyl (C=O) groups excluding carboxylic acids is 2. The van der Waals surface area contributed by atoms with Gasteiger partial charge in [0.25, 0.3) is 0 Å². The molecule has 4 heteroatoms. The quantitative estimate of drug-likeness (QED) is 0.624.